The summed E-state index contributed by atoms with van der Waals surface area (Å²) in [5.41, 5.74) is 13.6. The van der Waals surface area contributed by atoms with Crippen LogP contribution in [0.15, 0.2) is 60.7 Å². The number of hydrogen-bond acceptors (Lipinski definition) is 5. The van der Waals surface area contributed by atoms with Crippen molar-refractivity contribution < 1.29 is 19.8 Å². The van der Waals surface area contributed by atoms with Gasteiger partial charge in [0.15, 0.2) is 0 Å². The molecule has 0 aliphatic heterocycles. The van der Waals surface area contributed by atoms with Gasteiger partial charge >= 0.3 is 11.9 Å². The van der Waals surface area contributed by atoms with E-state index < -0.39 is 23.6 Å². The molecular weight excluding hydrogens is 364 g/mol. The topological polar surface area (TPSA) is 127 Å². The lowest BCUT2D eigenvalue weighted by Gasteiger charge is -2.02. The third kappa shape index (κ3) is 12.6. The summed E-state index contributed by atoms with van der Waals surface area (Å²) < 4.78 is 0. The van der Waals surface area contributed by atoms with Gasteiger partial charge in [-0.2, -0.15) is 12.6 Å². The molecule has 0 bridgehead atoms. The Morgan fingerprint density at radius 3 is 1.33 bits per heavy atom. The number of rotatable bonds is 5. The highest BCUT2D eigenvalue weighted by molar-refractivity contribution is 7.81. The summed E-state index contributed by atoms with van der Waals surface area (Å²) in [6.07, 6.45) is -0.446. The van der Waals surface area contributed by atoms with Gasteiger partial charge in [0.2, 0.25) is 0 Å². The zero-order valence-corrected chi connectivity index (χ0v) is 16.4. The maximum Gasteiger partial charge on any atom is 0.316 e. The molecule has 0 heterocycles. The fraction of sp³-hybridized carbons (Fsp3) is 0.300. The molecule has 0 fully saturated rings. The minimum Gasteiger partial charge on any atom is -0.481 e. The van der Waals surface area contributed by atoms with Gasteiger partial charge in [0.05, 0.1) is 6.42 Å². The molecule has 0 aromatic heterocycles. The van der Waals surface area contributed by atoms with Gasteiger partial charge < -0.3 is 21.7 Å². The predicted octanol–water partition coefficient (Wildman–Crippen LogP) is 3.26. The summed E-state index contributed by atoms with van der Waals surface area (Å²) in [6.45, 7) is 3.96. The van der Waals surface area contributed by atoms with Crippen molar-refractivity contribution in [2.45, 2.75) is 37.6 Å². The predicted molar refractivity (Wildman–Crippen MR) is 111 cm³/mol. The molecule has 7 heteroatoms. The number of carbonyl (C=O) groups is 2. The molecule has 0 saturated heterocycles. The summed E-state index contributed by atoms with van der Waals surface area (Å²) in [4.78, 5) is 19.7. The van der Waals surface area contributed by atoms with Gasteiger partial charge in [0, 0.05) is 12.1 Å². The monoisotopic (exact) mass is 392 g/mol. The van der Waals surface area contributed by atoms with Gasteiger partial charge in [-0.15, -0.1) is 0 Å². The number of carboxylic acid groups (broad SMARTS) is 2. The van der Waals surface area contributed by atoms with Crippen molar-refractivity contribution in [1.29, 1.82) is 0 Å². The van der Waals surface area contributed by atoms with Crippen LogP contribution in [0.2, 0.25) is 0 Å². The van der Waals surface area contributed by atoms with E-state index in [2.05, 4.69) is 12.6 Å². The van der Waals surface area contributed by atoms with Gasteiger partial charge in [-0.05, 0) is 25.0 Å². The molecule has 6 N–H and O–H groups in total. The number of hydrogen-bond donors (Lipinski definition) is 5. The zero-order chi connectivity index (χ0) is 20.8. The molecule has 2 rings (SSSR count). The van der Waals surface area contributed by atoms with E-state index in [1.807, 2.05) is 74.5 Å². The van der Waals surface area contributed by atoms with Crippen LogP contribution >= 0.6 is 12.6 Å². The molecule has 27 heavy (non-hydrogen) atoms. The summed E-state index contributed by atoms with van der Waals surface area (Å²) in [6, 6.07) is 20.4. The van der Waals surface area contributed by atoms with Gasteiger partial charge in [0.25, 0.3) is 0 Å². The molecule has 0 aliphatic carbocycles. The molecule has 3 unspecified atom stereocenters. The standard InChI is InChI=1S/2C8H11N.C4H6O4S/c2*1-7(9)8-5-3-2-4-6-8;5-3(6)1-2(9)4(7)8/h2*2-7H,9H2,1H3;2,9H,1H2,(H,5,6)(H,7,8). The number of aliphatic carboxylic acids is 2. The van der Waals surface area contributed by atoms with E-state index in [0.717, 1.165) is 0 Å². The van der Waals surface area contributed by atoms with Crippen LogP contribution in [0.25, 0.3) is 0 Å². The van der Waals surface area contributed by atoms with Crippen LogP contribution in [-0.2, 0) is 9.59 Å². The van der Waals surface area contributed by atoms with Crippen LogP contribution in [0.4, 0.5) is 0 Å². The minimum absolute atomic E-state index is 0.159. The minimum atomic E-state index is -1.21. The third-order valence-electron chi connectivity index (χ3n) is 3.30. The summed E-state index contributed by atoms with van der Waals surface area (Å²) >= 11 is 3.48. The molecule has 6 nitrogen and oxygen atoms in total. The van der Waals surface area contributed by atoms with Crippen molar-refractivity contribution in [1.82, 2.24) is 0 Å². The molecule has 3 atom stereocenters. The first-order chi connectivity index (χ1) is 12.6. The number of carboxylic acids is 2. The van der Waals surface area contributed by atoms with Gasteiger partial charge in [0.1, 0.15) is 5.25 Å². The van der Waals surface area contributed by atoms with Crippen molar-refractivity contribution in [3.63, 3.8) is 0 Å². The molecule has 0 aliphatic rings. The van der Waals surface area contributed by atoms with Crippen molar-refractivity contribution in [3.05, 3.63) is 71.8 Å². The molecule has 148 valence electrons. The van der Waals surface area contributed by atoms with Crippen LogP contribution in [0.3, 0.4) is 0 Å². The highest BCUT2D eigenvalue weighted by Gasteiger charge is 2.15. The van der Waals surface area contributed by atoms with E-state index in [-0.39, 0.29) is 12.1 Å². The van der Waals surface area contributed by atoms with Crippen molar-refractivity contribution in [3.8, 4) is 0 Å². The number of benzene rings is 2. The van der Waals surface area contributed by atoms with Crippen LogP contribution in [0.5, 0.6) is 0 Å². The van der Waals surface area contributed by atoms with Crippen molar-refractivity contribution in [2.24, 2.45) is 11.5 Å². The molecule has 0 saturated carbocycles. The lowest BCUT2D eigenvalue weighted by molar-refractivity contribution is -0.142. The second-order valence-corrected chi connectivity index (χ2v) is 6.47. The lowest BCUT2D eigenvalue weighted by Crippen LogP contribution is -2.17. The normalized spacial score (nSPS) is 12.9. The van der Waals surface area contributed by atoms with Gasteiger partial charge in [-0.3, -0.25) is 9.59 Å². The molecule has 2 aromatic rings. The van der Waals surface area contributed by atoms with E-state index in [9.17, 15) is 9.59 Å². The Morgan fingerprint density at radius 2 is 1.19 bits per heavy atom. The van der Waals surface area contributed by atoms with E-state index in [4.69, 9.17) is 21.7 Å². The Morgan fingerprint density at radius 1 is 0.852 bits per heavy atom. The van der Waals surface area contributed by atoms with Crippen LogP contribution < -0.4 is 11.5 Å². The molecule has 0 radical (unpaired) electrons. The van der Waals surface area contributed by atoms with E-state index in [0.29, 0.717) is 0 Å². The van der Waals surface area contributed by atoms with E-state index in [1.54, 1.807) is 0 Å². The summed E-state index contributed by atoms with van der Waals surface area (Å²) in [5, 5.41) is 15.0. The average Bonchev–Trinajstić information content (AvgIpc) is 2.63. The first-order valence-electron chi connectivity index (χ1n) is 8.38. The third-order valence-corrected chi connectivity index (χ3v) is 3.71. The fourth-order valence-electron chi connectivity index (χ4n) is 1.77. The smallest absolute Gasteiger partial charge is 0.316 e. The quantitative estimate of drug-likeness (QED) is 0.497. The highest BCUT2D eigenvalue weighted by atomic mass is 32.1. The first kappa shape index (κ1) is 24.7. The second kappa shape index (κ2) is 13.8. The van der Waals surface area contributed by atoms with Gasteiger partial charge in [-0.1, -0.05) is 60.7 Å². The number of nitrogens with two attached hydrogens (primary N) is 2. The fourth-order valence-corrected chi connectivity index (χ4v) is 1.92. The Hall–Kier alpha value is -2.35. The van der Waals surface area contributed by atoms with E-state index in [1.165, 1.54) is 11.1 Å². The Labute approximate surface area is 165 Å². The Bertz CT molecular complexity index is 621. The summed E-state index contributed by atoms with van der Waals surface area (Å²) in [7, 11) is 0. The van der Waals surface area contributed by atoms with Crippen LogP contribution in [0, 0.1) is 0 Å². The van der Waals surface area contributed by atoms with Crippen molar-refractivity contribution in [2.75, 3.05) is 0 Å². The maximum atomic E-state index is 9.90. The van der Waals surface area contributed by atoms with Gasteiger partial charge in [-0.25, -0.2) is 0 Å². The van der Waals surface area contributed by atoms with Crippen LogP contribution in [-0.4, -0.2) is 27.4 Å². The molecule has 2 aromatic carbocycles. The Kier molecular flexibility index (Phi) is 12.6. The van der Waals surface area contributed by atoms with E-state index >= 15 is 0 Å². The average molecular weight is 393 g/mol. The molecule has 0 spiro atoms. The molecular formula is C20H28N2O4S. The highest BCUT2D eigenvalue weighted by Crippen LogP contribution is 2.07. The first-order valence-corrected chi connectivity index (χ1v) is 8.90. The largest absolute Gasteiger partial charge is 0.481 e. The van der Waals surface area contributed by atoms with Crippen LogP contribution in [0.1, 0.15) is 43.5 Å². The zero-order valence-electron chi connectivity index (χ0n) is 15.5. The maximum absolute atomic E-state index is 9.90. The number of thiol groups is 1. The SMILES string of the molecule is CC(N)c1ccccc1.CC(N)c1ccccc1.O=C(O)CC(S)C(=O)O. The summed E-state index contributed by atoms with van der Waals surface area (Å²) in [5.74, 6) is -2.36. The second-order valence-electron chi connectivity index (χ2n) is 5.85. The molecule has 0 amide bonds. The van der Waals surface area contributed by atoms with Crippen molar-refractivity contribution >= 4 is 24.6 Å². The Balaban J connectivity index is 0.000000376. The lowest BCUT2D eigenvalue weighted by atomic mass is 10.1.